The molecule has 0 fully saturated rings. The maximum atomic E-state index is 8.78. The molecule has 0 saturated carbocycles. The van der Waals surface area contributed by atoms with Gasteiger partial charge in [-0.25, -0.2) is 0 Å². The number of nitriles is 1. The first-order chi connectivity index (χ1) is 11.5. The van der Waals surface area contributed by atoms with E-state index in [0.29, 0.717) is 22.2 Å². The first-order valence-electron chi connectivity index (χ1n) is 6.73. The summed E-state index contributed by atoms with van der Waals surface area (Å²) in [6.45, 7) is 0. The Labute approximate surface area is 143 Å². The largest absolute Gasteiger partial charge is 0.497 e. The van der Waals surface area contributed by atoms with Gasteiger partial charge in [0.25, 0.3) is 0 Å². The van der Waals surface area contributed by atoms with Crippen molar-refractivity contribution in [3.05, 3.63) is 47.5 Å². The summed E-state index contributed by atoms with van der Waals surface area (Å²) in [6.07, 6.45) is 0. The van der Waals surface area contributed by atoms with E-state index in [1.165, 1.54) is 0 Å². The lowest BCUT2D eigenvalue weighted by Gasteiger charge is -2.09. The molecule has 2 aromatic carbocycles. The molecule has 2 aromatic rings. The second-order valence-corrected chi connectivity index (χ2v) is 4.93. The van der Waals surface area contributed by atoms with Crippen LogP contribution < -0.4 is 20.6 Å². The van der Waals surface area contributed by atoms with E-state index in [-0.39, 0.29) is 5.71 Å². The number of amidine groups is 1. The summed E-state index contributed by atoms with van der Waals surface area (Å²) in [7, 11) is 1.59. The molecular weight excluding hydrogens is 330 g/mol. The molecule has 0 aliphatic heterocycles. The van der Waals surface area contributed by atoms with Gasteiger partial charge in [0, 0.05) is 0 Å². The summed E-state index contributed by atoms with van der Waals surface area (Å²) in [5.41, 5.74) is 8.13. The van der Waals surface area contributed by atoms with Crippen molar-refractivity contribution in [1.82, 2.24) is 0 Å². The normalized spacial score (nSPS) is 10.6. The molecule has 0 bridgehead atoms. The molecule has 7 nitrogen and oxygen atoms in total. The van der Waals surface area contributed by atoms with Gasteiger partial charge in [0.2, 0.25) is 5.71 Å². The lowest BCUT2D eigenvalue weighted by atomic mass is 10.3. The second-order valence-electron chi connectivity index (χ2n) is 4.52. The monoisotopic (exact) mass is 343 g/mol. The molecule has 0 saturated heterocycles. The van der Waals surface area contributed by atoms with Crippen LogP contribution in [0.3, 0.4) is 0 Å². The first-order valence-corrected chi connectivity index (χ1v) is 7.11. The molecule has 2 rings (SSSR count). The van der Waals surface area contributed by atoms with Crippen molar-refractivity contribution in [3.63, 3.8) is 0 Å². The van der Waals surface area contributed by atoms with Crippen molar-refractivity contribution in [2.24, 2.45) is 10.8 Å². The molecule has 0 amide bonds. The van der Waals surface area contributed by atoms with E-state index in [1.54, 1.807) is 55.6 Å². The van der Waals surface area contributed by atoms with Gasteiger partial charge in [-0.05, 0) is 42.5 Å². The number of nitrogens with one attached hydrogen (secondary N) is 2. The summed E-state index contributed by atoms with van der Waals surface area (Å²) >= 11 is 6.18. The Hall–Kier alpha value is -3.24. The van der Waals surface area contributed by atoms with Crippen molar-refractivity contribution < 1.29 is 9.47 Å². The number of nitrogens with zero attached hydrogens (tertiary/aromatic N) is 2. The number of halogens is 1. The molecule has 0 atom stereocenters. The average Bonchev–Trinajstić information content (AvgIpc) is 2.58. The summed E-state index contributed by atoms with van der Waals surface area (Å²) < 4.78 is 10.8. The first kappa shape index (κ1) is 17.1. The summed E-state index contributed by atoms with van der Waals surface area (Å²) in [4.78, 5) is 0. The van der Waals surface area contributed by atoms with Gasteiger partial charge in [-0.15, -0.1) is 0 Å². The fourth-order valence-corrected chi connectivity index (χ4v) is 1.91. The van der Waals surface area contributed by atoms with Crippen LogP contribution in [0.5, 0.6) is 17.2 Å². The van der Waals surface area contributed by atoms with Crippen molar-refractivity contribution in [1.29, 1.82) is 10.7 Å². The van der Waals surface area contributed by atoms with Crippen LogP contribution in [0.15, 0.2) is 47.6 Å². The Balaban J connectivity index is 2.11. The number of benzene rings is 2. The van der Waals surface area contributed by atoms with Crippen LogP contribution in [0.4, 0.5) is 5.69 Å². The van der Waals surface area contributed by atoms with Crippen LogP contribution >= 0.6 is 11.6 Å². The van der Waals surface area contributed by atoms with Gasteiger partial charge >= 0.3 is 0 Å². The molecule has 8 heteroatoms. The van der Waals surface area contributed by atoms with Gasteiger partial charge in [-0.3, -0.25) is 10.8 Å². The molecule has 0 spiro atoms. The van der Waals surface area contributed by atoms with Crippen LogP contribution in [0, 0.1) is 16.7 Å². The highest BCUT2D eigenvalue weighted by molar-refractivity contribution is 6.45. The maximum Gasteiger partial charge on any atom is 0.201 e. The van der Waals surface area contributed by atoms with Gasteiger partial charge in [-0.1, -0.05) is 11.6 Å². The average molecular weight is 344 g/mol. The molecule has 122 valence electrons. The van der Waals surface area contributed by atoms with Gasteiger partial charge in [0.1, 0.15) is 23.3 Å². The quantitative estimate of drug-likeness (QED) is 0.422. The van der Waals surface area contributed by atoms with Crippen LogP contribution in [0.25, 0.3) is 0 Å². The molecule has 0 heterocycles. The number of methoxy groups -OCH3 is 1. The van der Waals surface area contributed by atoms with Crippen molar-refractivity contribution >= 4 is 28.8 Å². The minimum absolute atomic E-state index is 0.218. The van der Waals surface area contributed by atoms with Crippen LogP contribution in [-0.2, 0) is 0 Å². The Morgan fingerprint density at radius 3 is 2.46 bits per heavy atom. The zero-order valence-electron chi connectivity index (χ0n) is 12.7. The molecule has 24 heavy (non-hydrogen) atoms. The SMILES string of the molecule is COc1ccc(Oc2ccc(N/N=C(\C#N)C(=N)N)cc2Cl)cc1. The third-order valence-corrected chi connectivity index (χ3v) is 3.17. The fraction of sp³-hybridized carbons (Fsp3) is 0.0625. The molecule has 0 aliphatic rings. The van der Waals surface area contributed by atoms with Crippen molar-refractivity contribution in [2.75, 3.05) is 12.5 Å². The number of anilines is 1. The maximum absolute atomic E-state index is 8.78. The highest BCUT2D eigenvalue weighted by Gasteiger charge is 2.06. The van der Waals surface area contributed by atoms with Gasteiger partial charge in [0.05, 0.1) is 17.8 Å². The standard InChI is InChI=1S/C16H14ClN5O2/c1-23-11-3-5-12(6-4-11)24-15-7-2-10(8-13(15)17)21-22-14(9-18)16(19)20/h2-8,21H,1H3,(H3,19,20)/b22-14+. The van der Waals surface area contributed by atoms with Crippen LogP contribution in [-0.4, -0.2) is 18.7 Å². The Morgan fingerprint density at radius 1 is 1.25 bits per heavy atom. The lowest BCUT2D eigenvalue weighted by Crippen LogP contribution is -2.21. The number of nitrogens with two attached hydrogens (primary N) is 1. The molecule has 0 unspecified atom stereocenters. The van der Waals surface area contributed by atoms with Crippen LogP contribution in [0.2, 0.25) is 5.02 Å². The highest BCUT2D eigenvalue weighted by atomic mass is 35.5. The summed E-state index contributed by atoms with van der Waals surface area (Å²) in [6, 6.07) is 13.7. The van der Waals surface area contributed by atoms with E-state index in [1.807, 2.05) is 0 Å². The molecule has 0 aliphatic carbocycles. The third-order valence-electron chi connectivity index (χ3n) is 2.88. The van der Waals surface area contributed by atoms with Gasteiger partial charge in [0.15, 0.2) is 5.84 Å². The smallest absolute Gasteiger partial charge is 0.201 e. The van der Waals surface area contributed by atoms with E-state index in [0.717, 1.165) is 5.75 Å². The molecular formula is C16H14ClN5O2. The van der Waals surface area contributed by atoms with E-state index in [2.05, 4.69) is 10.5 Å². The predicted octanol–water partition coefficient (Wildman–Crippen LogP) is 3.37. The van der Waals surface area contributed by atoms with Crippen molar-refractivity contribution in [2.45, 2.75) is 0 Å². The predicted molar refractivity (Wildman–Crippen MR) is 93.1 cm³/mol. The number of ether oxygens (including phenoxy) is 2. The molecule has 0 aromatic heterocycles. The molecule has 0 radical (unpaired) electrons. The minimum Gasteiger partial charge on any atom is -0.497 e. The number of rotatable bonds is 6. The highest BCUT2D eigenvalue weighted by Crippen LogP contribution is 2.32. The van der Waals surface area contributed by atoms with E-state index in [9.17, 15) is 0 Å². The van der Waals surface area contributed by atoms with E-state index >= 15 is 0 Å². The Kier molecular flexibility index (Phi) is 5.60. The fourth-order valence-electron chi connectivity index (χ4n) is 1.69. The second kappa shape index (κ2) is 7.85. The zero-order valence-corrected chi connectivity index (χ0v) is 13.5. The minimum atomic E-state index is -0.421. The summed E-state index contributed by atoms with van der Waals surface area (Å²) in [5, 5.41) is 20.0. The van der Waals surface area contributed by atoms with Crippen LogP contribution in [0.1, 0.15) is 0 Å². The van der Waals surface area contributed by atoms with Gasteiger partial charge in [-0.2, -0.15) is 10.4 Å². The summed E-state index contributed by atoms with van der Waals surface area (Å²) in [5.74, 6) is 1.38. The third kappa shape index (κ3) is 4.38. The lowest BCUT2D eigenvalue weighted by molar-refractivity contribution is 0.413. The number of hydrazone groups is 1. The van der Waals surface area contributed by atoms with Crippen molar-refractivity contribution in [3.8, 4) is 23.3 Å². The van der Waals surface area contributed by atoms with E-state index < -0.39 is 5.84 Å². The number of hydrogen-bond acceptors (Lipinski definition) is 6. The topological polar surface area (TPSA) is 117 Å². The molecule has 4 N–H and O–H groups in total. The van der Waals surface area contributed by atoms with E-state index in [4.69, 9.17) is 37.5 Å². The Morgan fingerprint density at radius 2 is 1.92 bits per heavy atom. The number of hydrogen-bond donors (Lipinski definition) is 3. The Bertz CT molecular complexity index is 812. The van der Waals surface area contributed by atoms with Gasteiger partial charge < -0.3 is 15.2 Å². The zero-order chi connectivity index (χ0) is 17.5.